The predicted molar refractivity (Wildman–Crippen MR) is 138 cm³/mol. The van der Waals surface area contributed by atoms with E-state index in [9.17, 15) is 4.79 Å². The molecule has 0 radical (unpaired) electrons. The van der Waals surface area contributed by atoms with Crippen LogP contribution in [0, 0.1) is 0 Å². The van der Waals surface area contributed by atoms with E-state index in [0.29, 0.717) is 12.0 Å². The molecule has 6 rings (SSSR count). The number of ether oxygens (including phenoxy) is 3. The maximum atomic E-state index is 13.3. The molecule has 4 aromatic rings. The van der Waals surface area contributed by atoms with Crippen molar-refractivity contribution < 1.29 is 14.2 Å². The molecule has 7 nitrogen and oxygen atoms in total. The van der Waals surface area contributed by atoms with Crippen LogP contribution in [0.4, 0.5) is 0 Å². The number of para-hydroxylation sites is 1. The van der Waals surface area contributed by atoms with Crippen molar-refractivity contribution in [3.63, 3.8) is 0 Å². The molecule has 7 heteroatoms. The Morgan fingerprint density at radius 2 is 1.78 bits per heavy atom. The lowest BCUT2D eigenvalue weighted by atomic mass is 9.88. The van der Waals surface area contributed by atoms with Crippen molar-refractivity contribution >= 4 is 17.1 Å². The van der Waals surface area contributed by atoms with Crippen LogP contribution < -0.4 is 19.8 Å². The van der Waals surface area contributed by atoms with E-state index in [1.165, 1.54) is 11.1 Å². The Labute approximate surface area is 209 Å². The standard InChI is InChI=1S/C29H27N3O4/c33-29-24-8-4-5-9-25(24)31-28(22-6-2-1-3-7-22)32(29)30-17-20-10-13-23(14-11-20)34-18-21-12-15-26-27(16-21)36-19-35-26/h4-5,8-17,22H,1-3,6-7,18-19H2. The lowest BCUT2D eigenvalue weighted by molar-refractivity contribution is 0.174. The molecule has 0 atom stereocenters. The van der Waals surface area contributed by atoms with Crippen molar-refractivity contribution in [3.05, 3.63) is 94.0 Å². The molecule has 0 unspecified atom stereocenters. The molecule has 2 aliphatic rings. The van der Waals surface area contributed by atoms with E-state index in [2.05, 4.69) is 5.10 Å². The lowest BCUT2D eigenvalue weighted by Gasteiger charge is -2.22. The summed E-state index contributed by atoms with van der Waals surface area (Å²) in [5.74, 6) is 3.26. The van der Waals surface area contributed by atoms with Crippen molar-refractivity contribution in [3.8, 4) is 17.2 Å². The lowest BCUT2D eigenvalue weighted by Crippen LogP contribution is -2.25. The van der Waals surface area contributed by atoms with Crippen LogP contribution >= 0.6 is 0 Å². The van der Waals surface area contributed by atoms with Crippen molar-refractivity contribution in [1.82, 2.24) is 9.66 Å². The first-order valence-corrected chi connectivity index (χ1v) is 12.4. The highest BCUT2D eigenvalue weighted by Crippen LogP contribution is 2.33. The fraction of sp³-hybridized carbons (Fsp3) is 0.276. The average molecular weight is 482 g/mol. The molecule has 1 aliphatic heterocycles. The molecular formula is C29H27N3O4. The Balaban J connectivity index is 1.21. The summed E-state index contributed by atoms with van der Waals surface area (Å²) in [6.07, 6.45) is 7.34. The fourth-order valence-corrected chi connectivity index (χ4v) is 4.85. The van der Waals surface area contributed by atoms with Gasteiger partial charge in [0, 0.05) is 5.92 Å². The molecule has 2 heterocycles. The molecule has 0 bridgehead atoms. The number of hydrogen-bond donors (Lipinski definition) is 0. The van der Waals surface area contributed by atoms with E-state index in [0.717, 1.165) is 65.4 Å². The summed E-state index contributed by atoms with van der Waals surface area (Å²) in [7, 11) is 0. The highest BCUT2D eigenvalue weighted by Gasteiger charge is 2.22. The largest absolute Gasteiger partial charge is 0.489 e. The van der Waals surface area contributed by atoms with Gasteiger partial charge in [-0.2, -0.15) is 9.78 Å². The SMILES string of the molecule is O=c1c2ccccc2nc(C2CCCCC2)n1N=Cc1ccc(OCc2ccc3c(c2)OCO3)cc1. The van der Waals surface area contributed by atoms with Gasteiger partial charge in [0.25, 0.3) is 5.56 Å². The zero-order chi connectivity index (χ0) is 24.3. The molecule has 0 saturated heterocycles. The summed E-state index contributed by atoms with van der Waals surface area (Å²) in [6, 6.07) is 21.0. The van der Waals surface area contributed by atoms with Crippen LogP contribution in [0.2, 0.25) is 0 Å². The molecule has 0 spiro atoms. The normalized spacial score (nSPS) is 15.6. The molecule has 1 fully saturated rings. The van der Waals surface area contributed by atoms with Crippen LogP contribution in [0.5, 0.6) is 17.2 Å². The van der Waals surface area contributed by atoms with E-state index in [4.69, 9.17) is 19.2 Å². The van der Waals surface area contributed by atoms with E-state index >= 15 is 0 Å². The molecule has 1 aliphatic carbocycles. The molecule has 1 aromatic heterocycles. The Kier molecular flexibility index (Phi) is 6.11. The Hall–Kier alpha value is -4.13. The maximum Gasteiger partial charge on any atom is 0.282 e. The van der Waals surface area contributed by atoms with Gasteiger partial charge in [-0.3, -0.25) is 4.79 Å². The van der Waals surface area contributed by atoms with E-state index in [1.807, 2.05) is 66.7 Å². The third-order valence-corrected chi connectivity index (χ3v) is 6.79. The molecule has 36 heavy (non-hydrogen) atoms. The Morgan fingerprint density at radius 1 is 0.972 bits per heavy atom. The summed E-state index contributed by atoms with van der Waals surface area (Å²) < 4.78 is 18.2. The quantitative estimate of drug-likeness (QED) is 0.334. The van der Waals surface area contributed by atoms with Gasteiger partial charge in [0.05, 0.1) is 17.1 Å². The van der Waals surface area contributed by atoms with Crippen LogP contribution in [0.25, 0.3) is 10.9 Å². The molecule has 1 saturated carbocycles. The summed E-state index contributed by atoms with van der Waals surface area (Å²) in [5.41, 5.74) is 2.49. The number of nitrogens with zero attached hydrogens (tertiary/aromatic N) is 3. The number of rotatable bonds is 6. The minimum atomic E-state index is -0.124. The Morgan fingerprint density at radius 3 is 2.64 bits per heavy atom. The van der Waals surface area contributed by atoms with Crippen LogP contribution in [0.15, 0.2) is 76.6 Å². The third kappa shape index (κ3) is 4.56. The van der Waals surface area contributed by atoms with Crippen LogP contribution in [0.1, 0.15) is 55.0 Å². The number of fused-ring (bicyclic) bond motifs is 2. The van der Waals surface area contributed by atoms with Gasteiger partial charge in [0.15, 0.2) is 11.5 Å². The summed E-state index contributed by atoms with van der Waals surface area (Å²) >= 11 is 0. The number of benzene rings is 3. The topological polar surface area (TPSA) is 74.9 Å². The molecule has 0 N–H and O–H groups in total. The molecular weight excluding hydrogens is 454 g/mol. The predicted octanol–water partition coefficient (Wildman–Crippen LogP) is 5.63. The van der Waals surface area contributed by atoms with Gasteiger partial charge in [-0.15, -0.1) is 0 Å². The van der Waals surface area contributed by atoms with Crippen molar-refractivity contribution in [2.45, 2.75) is 44.6 Å². The van der Waals surface area contributed by atoms with E-state index in [1.54, 1.807) is 6.21 Å². The average Bonchev–Trinajstić information content (AvgIpc) is 3.40. The first-order valence-electron chi connectivity index (χ1n) is 12.4. The van der Waals surface area contributed by atoms with Crippen molar-refractivity contribution in [2.24, 2.45) is 5.10 Å². The monoisotopic (exact) mass is 481 g/mol. The van der Waals surface area contributed by atoms with Crippen molar-refractivity contribution in [1.29, 1.82) is 0 Å². The molecule has 0 amide bonds. The fourth-order valence-electron chi connectivity index (χ4n) is 4.85. The van der Waals surface area contributed by atoms with Gasteiger partial charge < -0.3 is 14.2 Å². The second-order valence-electron chi connectivity index (χ2n) is 9.23. The molecule has 182 valence electrons. The Bertz CT molecular complexity index is 1470. The van der Waals surface area contributed by atoms with Crippen LogP contribution in [-0.2, 0) is 6.61 Å². The summed E-state index contributed by atoms with van der Waals surface area (Å²) in [6.45, 7) is 0.680. The summed E-state index contributed by atoms with van der Waals surface area (Å²) in [4.78, 5) is 18.2. The highest BCUT2D eigenvalue weighted by atomic mass is 16.7. The minimum Gasteiger partial charge on any atom is -0.489 e. The first kappa shape index (κ1) is 22.3. The van der Waals surface area contributed by atoms with Gasteiger partial charge >= 0.3 is 0 Å². The second-order valence-corrected chi connectivity index (χ2v) is 9.23. The smallest absolute Gasteiger partial charge is 0.282 e. The zero-order valence-electron chi connectivity index (χ0n) is 19.9. The second kappa shape index (κ2) is 9.85. The van der Waals surface area contributed by atoms with Gasteiger partial charge in [0.2, 0.25) is 6.79 Å². The zero-order valence-corrected chi connectivity index (χ0v) is 19.9. The van der Waals surface area contributed by atoms with Gasteiger partial charge in [-0.25, -0.2) is 4.98 Å². The van der Waals surface area contributed by atoms with E-state index in [-0.39, 0.29) is 18.3 Å². The highest BCUT2D eigenvalue weighted by molar-refractivity contribution is 5.80. The molecule has 3 aromatic carbocycles. The van der Waals surface area contributed by atoms with Gasteiger partial charge in [-0.05, 0) is 72.5 Å². The number of hydrogen-bond acceptors (Lipinski definition) is 6. The third-order valence-electron chi connectivity index (χ3n) is 6.79. The van der Waals surface area contributed by atoms with Crippen LogP contribution in [-0.4, -0.2) is 22.7 Å². The first-order chi connectivity index (χ1) is 17.7. The van der Waals surface area contributed by atoms with E-state index < -0.39 is 0 Å². The minimum absolute atomic E-state index is 0.124. The number of aromatic nitrogens is 2. The van der Waals surface area contributed by atoms with Gasteiger partial charge in [0.1, 0.15) is 18.2 Å². The van der Waals surface area contributed by atoms with Crippen molar-refractivity contribution in [2.75, 3.05) is 6.79 Å². The summed E-state index contributed by atoms with van der Waals surface area (Å²) in [5, 5.41) is 5.19. The van der Waals surface area contributed by atoms with Crippen LogP contribution in [0.3, 0.4) is 0 Å². The van der Waals surface area contributed by atoms with Gasteiger partial charge in [-0.1, -0.05) is 37.5 Å². The maximum absolute atomic E-state index is 13.3.